The van der Waals surface area contributed by atoms with Gasteiger partial charge in [-0.1, -0.05) is 6.07 Å². The summed E-state index contributed by atoms with van der Waals surface area (Å²) < 4.78 is 54.0. The van der Waals surface area contributed by atoms with Gasteiger partial charge in [0.1, 0.15) is 18.2 Å². The van der Waals surface area contributed by atoms with Crippen molar-refractivity contribution >= 4 is 0 Å². The molecule has 102 valence electrons. The van der Waals surface area contributed by atoms with E-state index in [-0.39, 0.29) is 11.3 Å². The number of hydrogen-bond acceptors (Lipinski definition) is 3. The SMILES string of the molecule is CC(N)c1ccc(OCC(O)C(F)(F)F)cc1F. The minimum absolute atomic E-state index is 0.0970. The standard InChI is InChI=1S/C11H13F4NO2/c1-6(16)8-3-2-7(4-9(8)12)18-5-10(17)11(13,14)15/h2-4,6,10,17H,5,16H2,1H3. The molecule has 0 saturated heterocycles. The lowest BCUT2D eigenvalue weighted by atomic mass is 10.1. The fourth-order valence-corrected chi connectivity index (χ4v) is 1.24. The molecule has 0 aliphatic rings. The molecular formula is C11H13F4NO2. The number of nitrogens with two attached hydrogens (primary N) is 1. The molecule has 1 rings (SSSR count). The predicted octanol–water partition coefficient (Wildman–Crippen LogP) is 2.15. The van der Waals surface area contributed by atoms with E-state index in [1.807, 2.05) is 0 Å². The van der Waals surface area contributed by atoms with E-state index in [1.165, 1.54) is 12.1 Å². The van der Waals surface area contributed by atoms with Crippen LogP contribution in [-0.4, -0.2) is 24.0 Å². The third-order valence-electron chi connectivity index (χ3n) is 2.25. The molecule has 0 radical (unpaired) electrons. The number of alkyl halides is 3. The second-order valence-electron chi connectivity index (χ2n) is 3.84. The summed E-state index contributed by atoms with van der Waals surface area (Å²) in [6.07, 6.45) is -7.36. The Hall–Kier alpha value is -1.34. The molecule has 3 N–H and O–H groups in total. The van der Waals surface area contributed by atoms with Gasteiger partial charge in [0.25, 0.3) is 0 Å². The van der Waals surface area contributed by atoms with Crippen LogP contribution < -0.4 is 10.5 Å². The summed E-state index contributed by atoms with van der Waals surface area (Å²) in [5, 5.41) is 8.70. The van der Waals surface area contributed by atoms with Gasteiger partial charge in [-0.2, -0.15) is 13.2 Å². The van der Waals surface area contributed by atoms with Crippen LogP contribution in [0.4, 0.5) is 17.6 Å². The molecule has 2 atom stereocenters. The van der Waals surface area contributed by atoms with Crippen molar-refractivity contribution in [2.24, 2.45) is 5.73 Å². The van der Waals surface area contributed by atoms with E-state index in [2.05, 4.69) is 4.74 Å². The van der Waals surface area contributed by atoms with Crippen molar-refractivity contribution in [1.82, 2.24) is 0 Å². The van der Waals surface area contributed by atoms with Crippen LogP contribution in [-0.2, 0) is 0 Å². The van der Waals surface area contributed by atoms with E-state index in [1.54, 1.807) is 6.92 Å². The molecule has 1 aromatic carbocycles. The van der Waals surface area contributed by atoms with Crippen LogP contribution >= 0.6 is 0 Å². The second kappa shape index (κ2) is 5.53. The van der Waals surface area contributed by atoms with E-state index < -0.39 is 30.7 Å². The van der Waals surface area contributed by atoms with Crippen molar-refractivity contribution in [3.63, 3.8) is 0 Å². The summed E-state index contributed by atoms with van der Waals surface area (Å²) >= 11 is 0. The van der Waals surface area contributed by atoms with Crippen LogP contribution in [0.5, 0.6) is 5.75 Å². The second-order valence-corrected chi connectivity index (χ2v) is 3.84. The maximum atomic E-state index is 13.4. The lowest BCUT2D eigenvalue weighted by Gasteiger charge is -2.16. The maximum absolute atomic E-state index is 13.4. The van der Waals surface area contributed by atoms with E-state index in [4.69, 9.17) is 10.8 Å². The lowest BCUT2D eigenvalue weighted by Crippen LogP contribution is -2.34. The predicted molar refractivity (Wildman–Crippen MR) is 56.6 cm³/mol. The molecule has 0 saturated carbocycles. The van der Waals surface area contributed by atoms with Gasteiger partial charge in [-0.25, -0.2) is 4.39 Å². The largest absolute Gasteiger partial charge is 0.490 e. The molecule has 0 spiro atoms. The Morgan fingerprint density at radius 1 is 1.39 bits per heavy atom. The van der Waals surface area contributed by atoms with Crippen LogP contribution in [0, 0.1) is 5.82 Å². The molecule has 0 fully saturated rings. The normalized spacial score (nSPS) is 15.3. The highest BCUT2D eigenvalue weighted by Crippen LogP contribution is 2.23. The Morgan fingerprint density at radius 3 is 2.44 bits per heavy atom. The summed E-state index contributed by atoms with van der Waals surface area (Å²) in [6, 6.07) is 3.03. The van der Waals surface area contributed by atoms with Gasteiger partial charge in [0.05, 0.1) is 0 Å². The Morgan fingerprint density at radius 2 is 2.00 bits per heavy atom. The number of halogens is 4. The van der Waals surface area contributed by atoms with E-state index >= 15 is 0 Å². The molecular weight excluding hydrogens is 254 g/mol. The highest BCUT2D eigenvalue weighted by Gasteiger charge is 2.38. The van der Waals surface area contributed by atoms with Gasteiger partial charge >= 0.3 is 6.18 Å². The van der Waals surface area contributed by atoms with Crippen molar-refractivity contribution in [3.8, 4) is 5.75 Å². The number of ether oxygens (including phenoxy) is 1. The van der Waals surface area contributed by atoms with Gasteiger partial charge in [0.15, 0.2) is 6.10 Å². The fraction of sp³-hybridized carbons (Fsp3) is 0.455. The number of benzene rings is 1. The topological polar surface area (TPSA) is 55.5 Å². The Labute approximate surface area is 101 Å². The highest BCUT2D eigenvalue weighted by molar-refractivity contribution is 5.30. The van der Waals surface area contributed by atoms with Crippen molar-refractivity contribution in [1.29, 1.82) is 0 Å². The third-order valence-corrected chi connectivity index (χ3v) is 2.25. The first-order chi connectivity index (χ1) is 8.21. The molecule has 2 unspecified atom stereocenters. The number of hydrogen-bond donors (Lipinski definition) is 2. The first kappa shape index (κ1) is 14.7. The molecule has 7 heteroatoms. The molecule has 3 nitrogen and oxygen atoms in total. The summed E-state index contributed by atoms with van der Waals surface area (Å²) in [4.78, 5) is 0. The average Bonchev–Trinajstić information content (AvgIpc) is 2.24. The Balaban J connectivity index is 2.67. The summed E-state index contributed by atoms with van der Waals surface area (Å²) in [6.45, 7) is 0.590. The van der Waals surface area contributed by atoms with Gasteiger partial charge in [-0.3, -0.25) is 0 Å². The van der Waals surface area contributed by atoms with Crippen LogP contribution in [0.25, 0.3) is 0 Å². The molecule has 0 heterocycles. The molecule has 0 bridgehead atoms. The van der Waals surface area contributed by atoms with E-state index in [9.17, 15) is 17.6 Å². The van der Waals surface area contributed by atoms with E-state index in [0.29, 0.717) is 0 Å². The van der Waals surface area contributed by atoms with Gasteiger partial charge in [0.2, 0.25) is 0 Å². The van der Waals surface area contributed by atoms with Gasteiger partial charge in [-0.05, 0) is 13.0 Å². The molecule has 0 aliphatic carbocycles. The summed E-state index contributed by atoms with van der Waals surface area (Å²) in [7, 11) is 0. The van der Waals surface area contributed by atoms with Gasteiger partial charge in [-0.15, -0.1) is 0 Å². The Bertz CT molecular complexity index is 407. The van der Waals surface area contributed by atoms with Crippen LogP contribution in [0.3, 0.4) is 0 Å². The first-order valence-electron chi connectivity index (χ1n) is 5.14. The molecule has 0 amide bonds. The van der Waals surface area contributed by atoms with Crippen LogP contribution in [0.15, 0.2) is 18.2 Å². The summed E-state index contributed by atoms with van der Waals surface area (Å²) in [5.74, 6) is -0.760. The zero-order chi connectivity index (χ0) is 13.9. The highest BCUT2D eigenvalue weighted by atomic mass is 19.4. The zero-order valence-corrected chi connectivity index (χ0v) is 9.54. The minimum Gasteiger partial charge on any atom is -0.490 e. The monoisotopic (exact) mass is 267 g/mol. The smallest absolute Gasteiger partial charge is 0.417 e. The summed E-state index contributed by atoms with van der Waals surface area (Å²) in [5.41, 5.74) is 5.71. The zero-order valence-electron chi connectivity index (χ0n) is 9.54. The van der Waals surface area contributed by atoms with Crippen LogP contribution in [0.1, 0.15) is 18.5 Å². The number of aliphatic hydroxyl groups is 1. The first-order valence-corrected chi connectivity index (χ1v) is 5.14. The Kier molecular flexibility index (Phi) is 4.53. The lowest BCUT2D eigenvalue weighted by molar-refractivity contribution is -0.210. The van der Waals surface area contributed by atoms with Crippen LogP contribution in [0.2, 0.25) is 0 Å². The quantitative estimate of drug-likeness (QED) is 0.822. The minimum atomic E-state index is -4.76. The van der Waals surface area contributed by atoms with Crippen molar-refractivity contribution in [3.05, 3.63) is 29.6 Å². The van der Waals surface area contributed by atoms with Crippen molar-refractivity contribution in [2.75, 3.05) is 6.61 Å². The molecule has 0 aliphatic heterocycles. The van der Waals surface area contributed by atoms with E-state index in [0.717, 1.165) is 6.07 Å². The van der Waals surface area contributed by atoms with Crippen molar-refractivity contribution in [2.45, 2.75) is 25.2 Å². The molecule has 0 aromatic heterocycles. The number of aliphatic hydroxyl groups excluding tert-OH is 1. The molecule has 18 heavy (non-hydrogen) atoms. The maximum Gasteiger partial charge on any atom is 0.417 e. The number of rotatable bonds is 4. The third kappa shape index (κ3) is 3.85. The fourth-order valence-electron chi connectivity index (χ4n) is 1.24. The van der Waals surface area contributed by atoms with Gasteiger partial charge in [0, 0.05) is 17.7 Å². The molecule has 1 aromatic rings. The van der Waals surface area contributed by atoms with Crippen molar-refractivity contribution < 1.29 is 27.4 Å². The average molecular weight is 267 g/mol. The van der Waals surface area contributed by atoms with Gasteiger partial charge < -0.3 is 15.6 Å².